The second kappa shape index (κ2) is 8.21. The van der Waals surface area contributed by atoms with Gasteiger partial charge in [0.05, 0.1) is 47.0 Å². The van der Waals surface area contributed by atoms with E-state index >= 15 is 0 Å². The number of carbonyl (C=O) groups is 2. The second-order valence-electron chi connectivity index (χ2n) is 9.94. The summed E-state index contributed by atoms with van der Waals surface area (Å²) in [6.45, 7) is 2.22. The summed E-state index contributed by atoms with van der Waals surface area (Å²) in [5, 5.41) is 11.9. The Kier molecular flexibility index (Phi) is 5.31. The van der Waals surface area contributed by atoms with Crippen LogP contribution in [0.5, 0.6) is 5.75 Å². The average Bonchev–Trinajstić information content (AvgIpc) is 3.42. The van der Waals surface area contributed by atoms with Crippen LogP contribution in [0.3, 0.4) is 0 Å². The van der Waals surface area contributed by atoms with Gasteiger partial charge in [-0.05, 0) is 50.1 Å². The molecule has 3 aromatic rings. The highest BCUT2D eigenvalue weighted by Gasteiger charge is 2.73. The topological polar surface area (TPSA) is 79.6 Å². The minimum atomic E-state index is -0.786. The summed E-state index contributed by atoms with van der Waals surface area (Å²) in [6.07, 6.45) is 1.82. The first-order valence-electron chi connectivity index (χ1n) is 11.9. The van der Waals surface area contributed by atoms with Crippen molar-refractivity contribution >= 4 is 51.5 Å². The summed E-state index contributed by atoms with van der Waals surface area (Å²) >= 11 is 12.2. The number of imide groups is 1. The van der Waals surface area contributed by atoms with E-state index < -0.39 is 23.0 Å². The van der Waals surface area contributed by atoms with E-state index in [0.29, 0.717) is 57.1 Å². The van der Waals surface area contributed by atoms with Gasteiger partial charge < -0.3 is 9.47 Å². The van der Waals surface area contributed by atoms with Crippen molar-refractivity contribution in [2.45, 2.75) is 37.4 Å². The zero-order valence-electron chi connectivity index (χ0n) is 19.5. The third kappa shape index (κ3) is 3.34. The van der Waals surface area contributed by atoms with Crippen molar-refractivity contribution in [1.82, 2.24) is 0 Å². The third-order valence-electron chi connectivity index (χ3n) is 7.90. The molecule has 3 aliphatic heterocycles. The fraction of sp³-hybridized carbons (Fsp3) is 0.321. The highest BCUT2D eigenvalue weighted by atomic mass is 35.5. The summed E-state index contributed by atoms with van der Waals surface area (Å²) in [4.78, 5) is 29.1. The van der Waals surface area contributed by atoms with Gasteiger partial charge in [-0.15, -0.1) is 0 Å². The molecule has 6 rings (SSSR count). The molecular weight excluding hydrogens is 499 g/mol. The predicted octanol–water partition coefficient (Wildman–Crippen LogP) is 5.91. The molecule has 36 heavy (non-hydrogen) atoms. The zero-order valence-corrected chi connectivity index (χ0v) is 21.0. The number of nitrogens with zero attached hydrogens (tertiary/aromatic N) is 2. The van der Waals surface area contributed by atoms with Gasteiger partial charge in [0.1, 0.15) is 5.75 Å². The Bertz CT molecular complexity index is 1460. The van der Waals surface area contributed by atoms with E-state index in [1.54, 1.807) is 30.3 Å². The van der Waals surface area contributed by atoms with Crippen molar-refractivity contribution in [3.63, 3.8) is 0 Å². The molecule has 2 amide bonds. The predicted molar refractivity (Wildman–Crippen MR) is 136 cm³/mol. The van der Waals surface area contributed by atoms with Crippen LogP contribution in [0.15, 0.2) is 54.6 Å². The summed E-state index contributed by atoms with van der Waals surface area (Å²) in [5.41, 5.74) is -0.490. The number of ether oxygens (including phenoxy) is 2. The summed E-state index contributed by atoms with van der Waals surface area (Å²) in [7, 11) is 0. The van der Waals surface area contributed by atoms with Gasteiger partial charge in [0.2, 0.25) is 11.8 Å². The van der Waals surface area contributed by atoms with Gasteiger partial charge in [0, 0.05) is 27.2 Å². The number of amides is 2. The van der Waals surface area contributed by atoms with Gasteiger partial charge in [-0.25, -0.2) is 4.90 Å². The standard InChI is InChI=1S/C28H22Cl2N2O4/c1-27-8-9-28(36-27,10-11-35-19-13-17(29)12-18(30)14-19)24-23(27)25(33)32(26(24)34)22-7-6-16(15-31)20-4-2-3-5-21(20)22/h2-7,12-14,23-24H,8-11H2,1H3. The lowest BCUT2D eigenvalue weighted by Gasteiger charge is -2.31. The fourth-order valence-electron chi connectivity index (χ4n) is 6.38. The molecule has 0 radical (unpaired) electrons. The molecule has 0 saturated carbocycles. The normalized spacial score (nSPS) is 28.6. The van der Waals surface area contributed by atoms with Gasteiger partial charge in [0.25, 0.3) is 0 Å². The lowest BCUT2D eigenvalue weighted by molar-refractivity contribution is -0.131. The first-order chi connectivity index (χ1) is 17.3. The maximum Gasteiger partial charge on any atom is 0.240 e. The summed E-state index contributed by atoms with van der Waals surface area (Å²) in [5.74, 6) is -1.11. The molecule has 0 aromatic heterocycles. The van der Waals surface area contributed by atoms with Crippen molar-refractivity contribution in [3.05, 3.63) is 70.2 Å². The van der Waals surface area contributed by atoms with Crippen LogP contribution in [0.25, 0.3) is 10.8 Å². The van der Waals surface area contributed by atoms with Gasteiger partial charge in [-0.3, -0.25) is 9.59 Å². The molecule has 0 aliphatic carbocycles. The van der Waals surface area contributed by atoms with Crippen molar-refractivity contribution in [2.24, 2.45) is 11.8 Å². The fourth-order valence-corrected chi connectivity index (χ4v) is 6.88. The maximum atomic E-state index is 13.9. The SMILES string of the molecule is CC12CCC(CCOc3cc(Cl)cc(Cl)c3)(O1)C1C(=O)N(c3ccc(C#N)c4ccccc34)C(=O)C12. The largest absolute Gasteiger partial charge is 0.493 e. The Balaban J connectivity index is 1.33. The van der Waals surface area contributed by atoms with Crippen LogP contribution < -0.4 is 9.64 Å². The molecule has 0 spiro atoms. The van der Waals surface area contributed by atoms with Gasteiger partial charge in [0.15, 0.2) is 0 Å². The number of nitriles is 1. The molecule has 2 bridgehead atoms. The highest BCUT2D eigenvalue weighted by Crippen LogP contribution is 2.62. The van der Waals surface area contributed by atoms with Crippen LogP contribution in [0.2, 0.25) is 10.0 Å². The maximum absolute atomic E-state index is 13.9. The quantitative estimate of drug-likeness (QED) is 0.390. The monoisotopic (exact) mass is 520 g/mol. The van der Waals surface area contributed by atoms with Crippen LogP contribution in [-0.4, -0.2) is 29.6 Å². The second-order valence-corrected chi connectivity index (χ2v) is 10.8. The number of halogens is 2. The number of hydrogen-bond acceptors (Lipinski definition) is 5. The molecule has 182 valence electrons. The molecule has 6 nitrogen and oxygen atoms in total. The summed E-state index contributed by atoms with van der Waals surface area (Å²) < 4.78 is 12.4. The first-order valence-corrected chi connectivity index (χ1v) is 12.6. The number of hydrogen-bond donors (Lipinski definition) is 0. The molecule has 3 saturated heterocycles. The van der Waals surface area contributed by atoms with Crippen LogP contribution in [0.4, 0.5) is 5.69 Å². The van der Waals surface area contributed by atoms with E-state index in [0.717, 1.165) is 0 Å². The molecule has 4 atom stereocenters. The van der Waals surface area contributed by atoms with Crippen LogP contribution in [0, 0.1) is 23.2 Å². The van der Waals surface area contributed by atoms with E-state index in [2.05, 4.69) is 6.07 Å². The molecule has 3 aromatic carbocycles. The highest BCUT2D eigenvalue weighted by molar-refractivity contribution is 6.34. The van der Waals surface area contributed by atoms with Gasteiger partial charge >= 0.3 is 0 Å². The molecule has 3 fully saturated rings. The lowest BCUT2D eigenvalue weighted by Crippen LogP contribution is -2.43. The van der Waals surface area contributed by atoms with Crippen LogP contribution in [0.1, 0.15) is 31.7 Å². The number of anilines is 1. The Morgan fingerprint density at radius 2 is 1.72 bits per heavy atom. The van der Waals surface area contributed by atoms with Crippen LogP contribution in [-0.2, 0) is 14.3 Å². The molecule has 4 unspecified atom stereocenters. The molecule has 0 N–H and O–H groups in total. The molecule has 8 heteroatoms. The molecule has 3 heterocycles. The number of rotatable bonds is 5. The Labute approximate surface area is 218 Å². The van der Waals surface area contributed by atoms with Crippen molar-refractivity contribution in [1.29, 1.82) is 5.26 Å². The Hall–Kier alpha value is -3.11. The van der Waals surface area contributed by atoms with E-state index in [1.165, 1.54) is 4.90 Å². The Morgan fingerprint density at radius 1 is 1.03 bits per heavy atom. The van der Waals surface area contributed by atoms with Gasteiger partial charge in [-0.2, -0.15) is 5.26 Å². The van der Waals surface area contributed by atoms with E-state index in [4.69, 9.17) is 32.7 Å². The Morgan fingerprint density at radius 3 is 2.44 bits per heavy atom. The molecule has 3 aliphatic rings. The smallest absolute Gasteiger partial charge is 0.240 e. The summed E-state index contributed by atoms with van der Waals surface area (Å²) in [6, 6.07) is 17.9. The van der Waals surface area contributed by atoms with E-state index in [-0.39, 0.29) is 18.4 Å². The average molecular weight is 521 g/mol. The minimum absolute atomic E-state index is 0.244. The molecular formula is C28H22Cl2N2O4. The first kappa shape index (κ1) is 23.3. The van der Waals surface area contributed by atoms with Crippen molar-refractivity contribution in [2.75, 3.05) is 11.5 Å². The lowest BCUT2D eigenvalue weighted by atomic mass is 9.67. The van der Waals surface area contributed by atoms with Crippen molar-refractivity contribution < 1.29 is 19.1 Å². The van der Waals surface area contributed by atoms with Crippen molar-refractivity contribution in [3.8, 4) is 11.8 Å². The number of carbonyl (C=O) groups excluding carboxylic acids is 2. The minimum Gasteiger partial charge on any atom is -0.493 e. The van der Waals surface area contributed by atoms with E-state index in [9.17, 15) is 14.9 Å². The number of benzene rings is 3. The van der Waals surface area contributed by atoms with Crippen LogP contribution >= 0.6 is 23.2 Å². The number of fused-ring (bicyclic) bond motifs is 6. The van der Waals surface area contributed by atoms with Gasteiger partial charge in [-0.1, -0.05) is 47.5 Å². The van der Waals surface area contributed by atoms with E-state index in [1.807, 2.05) is 31.2 Å². The zero-order chi connectivity index (χ0) is 25.2. The third-order valence-corrected chi connectivity index (χ3v) is 8.34.